The van der Waals surface area contributed by atoms with Gasteiger partial charge in [-0.25, -0.2) is 13.5 Å². The summed E-state index contributed by atoms with van der Waals surface area (Å²) in [5.41, 5.74) is 6.72. The zero-order chi connectivity index (χ0) is 13.3. The molecule has 0 saturated heterocycles. The van der Waals surface area contributed by atoms with Gasteiger partial charge in [-0.3, -0.25) is 0 Å². The first-order chi connectivity index (χ1) is 8.41. The minimum Gasteiger partial charge on any atom is -0.481 e. The second-order valence-corrected chi connectivity index (χ2v) is 5.04. The van der Waals surface area contributed by atoms with Gasteiger partial charge in [-0.15, -0.1) is 0 Å². The van der Waals surface area contributed by atoms with Gasteiger partial charge in [-0.2, -0.15) is 5.10 Å². The van der Waals surface area contributed by atoms with Gasteiger partial charge in [0.2, 0.25) is 11.8 Å². The molecule has 0 radical (unpaired) electrons. The molecule has 102 valence electrons. The molecule has 6 heteroatoms. The highest BCUT2D eigenvalue weighted by Gasteiger charge is 2.39. The number of aryl methyl sites for hydroxylation is 1. The molecular formula is C12H19F2N3O. The van der Waals surface area contributed by atoms with E-state index in [2.05, 4.69) is 5.10 Å². The van der Waals surface area contributed by atoms with Crippen LogP contribution in [0.4, 0.5) is 8.78 Å². The molecule has 0 spiro atoms. The van der Waals surface area contributed by atoms with Crippen LogP contribution in [0.1, 0.15) is 37.4 Å². The number of ether oxygens (including phenoxy) is 1. The first-order valence-electron chi connectivity index (χ1n) is 6.12. The van der Waals surface area contributed by atoms with Crippen molar-refractivity contribution in [3.8, 4) is 5.88 Å². The Balaban J connectivity index is 1.97. The van der Waals surface area contributed by atoms with Gasteiger partial charge in [-0.05, 0) is 18.8 Å². The van der Waals surface area contributed by atoms with Crippen LogP contribution in [0.2, 0.25) is 0 Å². The van der Waals surface area contributed by atoms with Crippen molar-refractivity contribution in [2.45, 2.75) is 37.6 Å². The van der Waals surface area contributed by atoms with Gasteiger partial charge in [-0.1, -0.05) is 0 Å². The van der Waals surface area contributed by atoms with Crippen molar-refractivity contribution in [2.24, 2.45) is 18.7 Å². The third kappa shape index (κ3) is 2.80. The van der Waals surface area contributed by atoms with Crippen LogP contribution in [0.15, 0.2) is 6.07 Å². The monoisotopic (exact) mass is 259 g/mol. The van der Waals surface area contributed by atoms with E-state index in [9.17, 15) is 8.78 Å². The molecule has 0 bridgehead atoms. The number of hydrogen-bond donors (Lipinski definition) is 1. The van der Waals surface area contributed by atoms with Crippen LogP contribution in [-0.4, -0.2) is 22.8 Å². The fourth-order valence-corrected chi connectivity index (χ4v) is 2.57. The van der Waals surface area contributed by atoms with Gasteiger partial charge in [0, 0.05) is 32.0 Å². The number of alkyl halides is 2. The highest BCUT2D eigenvalue weighted by Crippen LogP contribution is 2.42. The highest BCUT2D eigenvalue weighted by molar-refractivity contribution is 5.18. The van der Waals surface area contributed by atoms with Crippen LogP contribution >= 0.6 is 0 Å². The van der Waals surface area contributed by atoms with Gasteiger partial charge in [0.15, 0.2) is 0 Å². The fraction of sp³-hybridized carbons (Fsp3) is 0.750. The molecule has 0 aliphatic heterocycles. The summed E-state index contributed by atoms with van der Waals surface area (Å²) < 4.78 is 32.9. The molecule has 1 aromatic heterocycles. The predicted molar refractivity (Wildman–Crippen MR) is 63.6 cm³/mol. The van der Waals surface area contributed by atoms with Gasteiger partial charge in [0.25, 0.3) is 0 Å². The summed E-state index contributed by atoms with van der Waals surface area (Å²) in [5.74, 6) is -1.90. The quantitative estimate of drug-likeness (QED) is 0.902. The average Bonchev–Trinajstić information content (AvgIpc) is 2.81. The average molecular weight is 259 g/mol. The SMILES string of the molecule is COc1cc(C(N)CC2CCC(F)(F)C2)nn1C. The molecule has 1 heterocycles. The van der Waals surface area contributed by atoms with Crippen LogP contribution in [0.3, 0.4) is 0 Å². The van der Waals surface area contributed by atoms with Crippen molar-refractivity contribution < 1.29 is 13.5 Å². The minimum atomic E-state index is -2.51. The maximum atomic E-state index is 13.1. The van der Waals surface area contributed by atoms with Crippen LogP contribution in [0.5, 0.6) is 5.88 Å². The Labute approximate surface area is 105 Å². The number of rotatable bonds is 4. The summed E-state index contributed by atoms with van der Waals surface area (Å²) in [6.07, 6.45) is 1.03. The first kappa shape index (κ1) is 13.3. The lowest BCUT2D eigenvalue weighted by molar-refractivity contribution is 0.00445. The Morgan fingerprint density at radius 2 is 2.39 bits per heavy atom. The van der Waals surface area contributed by atoms with Crippen LogP contribution < -0.4 is 10.5 Å². The minimum absolute atomic E-state index is 0.0111. The third-order valence-electron chi connectivity index (χ3n) is 3.54. The van der Waals surface area contributed by atoms with Crippen molar-refractivity contribution in [1.29, 1.82) is 0 Å². The van der Waals surface area contributed by atoms with Gasteiger partial charge >= 0.3 is 0 Å². The molecule has 1 fully saturated rings. The normalized spacial score (nSPS) is 24.2. The Morgan fingerprint density at radius 1 is 1.67 bits per heavy atom. The highest BCUT2D eigenvalue weighted by atomic mass is 19.3. The molecule has 4 nitrogen and oxygen atoms in total. The van der Waals surface area contributed by atoms with Gasteiger partial charge in [0.05, 0.1) is 12.8 Å². The van der Waals surface area contributed by atoms with Crippen molar-refractivity contribution in [3.63, 3.8) is 0 Å². The molecule has 1 saturated carbocycles. The zero-order valence-electron chi connectivity index (χ0n) is 10.7. The lowest BCUT2D eigenvalue weighted by Gasteiger charge is -2.14. The standard InChI is InChI=1S/C12H19F2N3O/c1-17-11(18-2)6-10(16-17)9(15)5-8-3-4-12(13,14)7-8/h6,8-9H,3-5,7,15H2,1-2H3. The maximum absolute atomic E-state index is 13.1. The fourth-order valence-electron chi connectivity index (χ4n) is 2.57. The van der Waals surface area contributed by atoms with E-state index >= 15 is 0 Å². The molecule has 0 amide bonds. The van der Waals surface area contributed by atoms with Crippen LogP contribution in [0.25, 0.3) is 0 Å². The molecule has 18 heavy (non-hydrogen) atoms. The summed E-state index contributed by atoms with van der Waals surface area (Å²) in [6, 6.07) is 1.46. The van der Waals surface area contributed by atoms with E-state index in [-0.39, 0.29) is 24.8 Å². The largest absolute Gasteiger partial charge is 0.481 e. The first-order valence-corrected chi connectivity index (χ1v) is 6.12. The van der Waals surface area contributed by atoms with Crippen molar-refractivity contribution in [1.82, 2.24) is 9.78 Å². The Kier molecular flexibility index (Phi) is 3.56. The molecule has 2 rings (SSSR count). The Bertz CT molecular complexity index is 419. The van der Waals surface area contributed by atoms with Gasteiger partial charge < -0.3 is 10.5 Å². The van der Waals surface area contributed by atoms with E-state index < -0.39 is 5.92 Å². The molecule has 1 aliphatic rings. The smallest absolute Gasteiger partial charge is 0.248 e. The van der Waals surface area contributed by atoms with E-state index in [4.69, 9.17) is 10.5 Å². The molecule has 1 aromatic rings. The molecule has 1 aliphatic carbocycles. The Hall–Kier alpha value is -1.17. The summed E-state index contributed by atoms with van der Waals surface area (Å²) in [4.78, 5) is 0. The van der Waals surface area contributed by atoms with Crippen LogP contribution in [0, 0.1) is 5.92 Å². The summed E-state index contributed by atoms with van der Waals surface area (Å²) in [5, 5.41) is 4.24. The number of methoxy groups -OCH3 is 1. The van der Waals surface area contributed by atoms with E-state index in [1.54, 1.807) is 24.9 Å². The number of halogens is 2. The summed E-state index contributed by atoms with van der Waals surface area (Å²) in [7, 11) is 3.32. The lowest BCUT2D eigenvalue weighted by Crippen LogP contribution is -2.16. The number of nitrogens with two attached hydrogens (primary N) is 1. The Morgan fingerprint density at radius 3 is 2.89 bits per heavy atom. The number of hydrogen-bond acceptors (Lipinski definition) is 3. The molecule has 2 unspecified atom stereocenters. The summed E-state index contributed by atoms with van der Waals surface area (Å²) >= 11 is 0. The van der Waals surface area contributed by atoms with E-state index in [0.29, 0.717) is 24.4 Å². The molecular weight excluding hydrogens is 240 g/mol. The predicted octanol–water partition coefficient (Wildman–Crippen LogP) is 2.25. The molecule has 2 atom stereocenters. The maximum Gasteiger partial charge on any atom is 0.248 e. The van der Waals surface area contributed by atoms with E-state index in [1.807, 2.05) is 0 Å². The topological polar surface area (TPSA) is 53.1 Å². The van der Waals surface area contributed by atoms with E-state index in [0.717, 1.165) is 0 Å². The van der Waals surface area contributed by atoms with Crippen molar-refractivity contribution in [2.75, 3.05) is 7.11 Å². The molecule has 2 N–H and O–H groups in total. The van der Waals surface area contributed by atoms with Crippen LogP contribution in [-0.2, 0) is 7.05 Å². The van der Waals surface area contributed by atoms with Crippen molar-refractivity contribution in [3.05, 3.63) is 11.8 Å². The number of nitrogens with zero attached hydrogens (tertiary/aromatic N) is 2. The van der Waals surface area contributed by atoms with E-state index in [1.165, 1.54) is 0 Å². The zero-order valence-corrected chi connectivity index (χ0v) is 10.7. The number of aromatic nitrogens is 2. The second-order valence-electron chi connectivity index (χ2n) is 5.04. The second kappa shape index (κ2) is 4.84. The third-order valence-corrected chi connectivity index (χ3v) is 3.54. The van der Waals surface area contributed by atoms with Crippen molar-refractivity contribution >= 4 is 0 Å². The summed E-state index contributed by atoms with van der Waals surface area (Å²) in [6.45, 7) is 0. The van der Waals surface area contributed by atoms with Gasteiger partial charge in [0.1, 0.15) is 0 Å². The lowest BCUT2D eigenvalue weighted by atomic mass is 9.97. The molecule has 0 aromatic carbocycles.